The first-order chi connectivity index (χ1) is 16.2. The van der Waals surface area contributed by atoms with Crippen molar-refractivity contribution in [2.24, 2.45) is 0 Å². The van der Waals surface area contributed by atoms with E-state index in [1.807, 2.05) is 6.07 Å². The van der Waals surface area contributed by atoms with Gasteiger partial charge in [-0.25, -0.2) is 9.78 Å². The maximum Gasteiger partial charge on any atom is 0.418 e. The van der Waals surface area contributed by atoms with E-state index in [2.05, 4.69) is 4.98 Å². The lowest BCUT2D eigenvalue weighted by atomic mass is 10.1. The smallest absolute Gasteiger partial charge is 0.418 e. The number of carbonyl (C=O) groups is 1. The Hall–Kier alpha value is -4.71. The first-order valence-corrected chi connectivity index (χ1v) is 9.84. The fraction of sp³-hybridized carbons (Fsp3) is 0.0400. The van der Waals surface area contributed by atoms with E-state index in [0.29, 0.717) is 17.2 Å². The summed E-state index contributed by atoms with van der Waals surface area (Å²) in [5.41, 5.74) is -1.70. The largest absolute Gasteiger partial charge is 0.478 e. The summed E-state index contributed by atoms with van der Waals surface area (Å²) in [5.74, 6) is -1.56. The van der Waals surface area contributed by atoms with E-state index in [4.69, 9.17) is 5.26 Å². The Kier molecular flexibility index (Phi) is 5.73. The van der Waals surface area contributed by atoms with Gasteiger partial charge in [-0.1, -0.05) is 30.3 Å². The quantitative estimate of drug-likeness (QED) is 0.454. The zero-order valence-corrected chi connectivity index (χ0v) is 17.2. The highest BCUT2D eigenvalue weighted by molar-refractivity contribution is 5.89. The summed E-state index contributed by atoms with van der Waals surface area (Å²) in [7, 11) is 0. The Morgan fingerprint density at radius 3 is 2.38 bits per heavy atom. The number of hydrogen-bond acceptors (Lipinski definition) is 4. The highest BCUT2D eigenvalue weighted by Crippen LogP contribution is 2.34. The predicted octanol–water partition coefficient (Wildman–Crippen LogP) is 5.14. The zero-order chi connectivity index (χ0) is 24.5. The number of aromatic carboxylic acids is 1. The SMILES string of the molecule is N#Cc1ccc(/C=C/c2nc3ccccc3c(=O)n2-c2cc(C(=O)O)ccc2C(F)(F)F)cc1. The molecule has 168 valence electrons. The van der Waals surface area contributed by atoms with E-state index in [9.17, 15) is 27.9 Å². The van der Waals surface area contributed by atoms with E-state index < -0.39 is 34.5 Å². The Bertz CT molecular complexity index is 1550. The summed E-state index contributed by atoms with van der Waals surface area (Å²) in [6.45, 7) is 0. The Balaban J connectivity index is 2.02. The van der Waals surface area contributed by atoms with Crippen molar-refractivity contribution in [1.82, 2.24) is 9.55 Å². The van der Waals surface area contributed by atoms with Crippen molar-refractivity contribution < 1.29 is 23.1 Å². The second kappa shape index (κ2) is 8.67. The van der Waals surface area contributed by atoms with Gasteiger partial charge in [-0.3, -0.25) is 9.36 Å². The van der Waals surface area contributed by atoms with Crippen LogP contribution in [0.15, 0.2) is 71.5 Å². The number of carboxylic acid groups (broad SMARTS) is 1. The fourth-order valence-electron chi connectivity index (χ4n) is 3.42. The number of aromatic nitrogens is 2. The fourth-order valence-corrected chi connectivity index (χ4v) is 3.42. The van der Waals surface area contributed by atoms with Gasteiger partial charge in [0.05, 0.1) is 39.3 Å². The summed E-state index contributed by atoms with van der Waals surface area (Å²) in [4.78, 5) is 29.2. The maximum atomic E-state index is 13.8. The van der Waals surface area contributed by atoms with Crippen molar-refractivity contribution in [3.05, 3.63) is 105 Å². The molecule has 4 rings (SSSR count). The lowest BCUT2D eigenvalue weighted by Gasteiger charge is -2.17. The van der Waals surface area contributed by atoms with Crippen LogP contribution in [0.5, 0.6) is 0 Å². The first kappa shape index (κ1) is 22.5. The Morgan fingerprint density at radius 1 is 1.03 bits per heavy atom. The van der Waals surface area contributed by atoms with Crippen molar-refractivity contribution in [2.75, 3.05) is 0 Å². The third-order valence-corrected chi connectivity index (χ3v) is 5.06. The molecule has 4 aromatic rings. The average molecular weight is 461 g/mol. The van der Waals surface area contributed by atoms with Crippen LogP contribution in [0.2, 0.25) is 0 Å². The number of alkyl halides is 3. The number of benzene rings is 3. The Labute approximate surface area is 190 Å². The molecule has 0 unspecified atom stereocenters. The monoisotopic (exact) mass is 461 g/mol. The highest BCUT2D eigenvalue weighted by Gasteiger charge is 2.35. The van der Waals surface area contributed by atoms with Crippen LogP contribution in [-0.4, -0.2) is 20.6 Å². The van der Waals surface area contributed by atoms with Gasteiger partial charge < -0.3 is 5.11 Å². The van der Waals surface area contributed by atoms with Crippen molar-refractivity contribution in [3.8, 4) is 11.8 Å². The minimum Gasteiger partial charge on any atom is -0.478 e. The zero-order valence-electron chi connectivity index (χ0n) is 17.2. The van der Waals surface area contributed by atoms with Gasteiger partial charge >= 0.3 is 12.1 Å². The van der Waals surface area contributed by atoms with Crippen LogP contribution in [0.1, 0.15) is 32.9 Å². The number of halogens is 3. The molecular formula is C25H14F3N3O3. The molecule has 0 aliphatic carbocycles. The lowest BCUT2D eigenvalue weighted by Crippen LogP contribution is -2.25. The van der Waals surface area contributed by atoms with Gasteiger partial charge in [-0.2, -0.15) is 18.4 Å². The van der Waals surface area contributed by atoms with Crippen LogP contribution in [0, 0.1) is 11.3 Å². The number of carboxylic acids is 1. The van der Waals surface area contributed by atoms with Crippen LogP contribution >= 0.6 is 0 Å². The second-order valence-electron chi connectivity index (χ2n) is 7.23. The number of nitrogens with zero attached hydrogens (tertiary/aromatic N) is 3. The normalized spacial score (nSPS) is 11.6. The molecule has 1 heterocycles. The van der Waals surface area contributed by atoms with E-state index in [1.165, 1.54) is 18.2 Å². The molecule has 0 amide bonds. The third kappa shape index (κ3) is 4.29. The van der Waals surface area contributed by atoms with E-state index in [0.717, 1.165) is 16.7 Å². The first-order valence-electron chi connectivity index (χ1n) is 9.84. The van der Waals surface area contributed by atoms with Gasteiger partial charge in [-0.05, 0) is 54.1 Å². The molecular weight excluding hydrogens is 447 g/mol. The topological polar surface area (TPSA) is 96.0 Å². The van der Waals surface area contributed by atoms with E-state index in [1.54, 1.807) is 42.5 Å². The number of rotatable bonds is 4. The maximum absolute atomic E-state index is 13.8. The molecule has 0 spiro atoms. The van der Waals surface area contributed by atoms with Gasteiger partial charge in [0.15, 0.2) is 0 Å². The van der Waals surface area contributed by atoms with Gasteiger partial charge in [0.2, 0.25) is 0 Å². The molecule has 0 atom stereocenters. The lowest BCUT2D eigenvalue weighted by molar-refractivity contribution is -0.137. The minimum absolute atomic E-state index is 0.0758. The molecule has 0 aliphatic rings. The molecule has 1 aromatic heterocycles. The van der Waals surface area contributed by atoms with Crippen molar-refractivity contribution >= 4 is 29.0 Å². The molecule has 9 heteroatoms. The average Bonchev–Trinajstić information content (AvgIpc) is 2.82. The minimum atomic E-state index is -4.86. The summed E-state index contributed by atoms with van der Waals surface area (Å²) in [6, 6.07) is 16.8. The van der Waals surface area contributed by atoms with E-state index >= 15 is 0 Å². The number of para-hydroxylation sites is 1. The standard InChI is InChI=1S/C25H14F3N3O3/c26-25(27,28)19-11-10-17(24(33)34)13-21(19)31-22(12-9-15-5-7-16(14-29)8-6-15)30-20-4-2-1-3-18(20)23(31)32/h1-13H,(H,33,34)/b12-9+. The molecule has 0 bridgehead atoms. The van der Waals surface area contributed by atoms with Gasteiger partial charge in [0, 0.05) is 0 Å². The summed E-state index contributed by atoms with van der Waals surface area (Å²) >= 11 is 0. The van der Waals surface area contributed by atoms with E-state index in [-0.39, 0.29) is 16.7 Å². The van der Waals surface area contributed by atoms with Crippen LogP contribution in [0.25, 0.3) is 28.7 Å². The molecule has 0 aliphatic heterocycles. The van der Waals surface area contributed by atoms with Crippen molar-refractivity contribution in [3.63, 3.8) is 0 Å². The molecule has 0 radical (unpaired) electrons. The van der Waals surface area contributed by atoms with Crippen LogP contribution in [-0.2, 0) is 6.18 Å². The van der Waals surface area contributed by atoms with Crippen molar-refractivity contribution in [2.45, 2.75) is 6.18 Å². The van der Waals surface area contributed by atoms with Gasteiger partial charge in [0.25, 0.3) is 5.56 Å². The van der Waals surface area contributed by atoms with Gasteiger partial charge in [-0.15, -0.1) is 0 Å². The summed E-state index contributed by atoms with van der Waals surface area (Å²) in [5, 5.41) is 18.3. The van der Waals surface area contributed by atoms with Crippen LogP contribution < -0.4 is 5.56 Å². The molecule has 0 fully saturated rings. The van der Waals surface area contributed by atoms with Crippen molar-refractivity contribution in [1.29, 1.82) is 5.26 Å². The summed E-state index contributed by atoms with van der Waals surface area (Å²) < 4.78 is 42.3. The number of hydrogen-bond donors (Lipinski definition) is 1. The predicted molar refractivity (Wildman–Crippen MR) is 119 cm³/mol. The van der Waals surface area contributed by atoms with Crippen LogP contribution in [0.3, 0.4) is 0 Å². The van der Waals surface area contributed by atoms with Gasteiger partial charge in [0.1, 0.15) is 5.82 Å². The molecule has 0 saturated carbocycles. The summed E-state index contributed by atoms with van der Waals surface area (Å²) in [6.07, 6.45) is -1.96. The second-order valence-corrected chi connectivity index (χ2v) is 7.23. The molecule has 6 nitrogen and oxygen atoms in total. The molecule has 1 N–H and O–H groups in total. The van der Waals surface area contributed by atoms with Crippen LogP contribution in [0.4, 0.5) is 13.2 Å². The highest BCUT2D eigenvalue weighted by atomic mass is 19.4. The Morgan fingerprint density at radius 2 is 1.74 bits per heavy atom. The number of nitriles is 1. The third-order valence-electron chi connectivity index (χ3n) is 5.06. The molecule has 34 heavy (non-hydrogen) atoms. The molecule has 0 saturated heterocycles. The molecule has 3 aromatic carbocycles. The number of fused-ring (bicyclic) bond motifs is 1.